The molecule has 0 radical (unpaired) electrons. The van der Waals surface area contributed by atoms with Crippen LogP contribution in [0.25, 0.3) is 11.4 Å². The Morgan fingerprint density at radius 1 is 1.19 bits per heavy atom. The molecule has 1 aromatic heterocycles. The van der Waals surface area contributed by atoms with Gasteiger partial charge in [0, 0.05) is 17.2 Å². The number of nitrogens with zero attached hydrogens (tertiary/aromatic N) is 2. The highest BCUT2D eigenvalue weighted by Crippen LogP contribution is 2.19. The van der Waals surface area contributed by atoms with Crippen molar-refractivity contribution in [3.63, 3.8) is 0 Å². The molecule has 0 spiro atoms. The molecule has 0 saturated carbocycles. The SMILES string of the molecule is Cl.O=C(Nc1ccc(-c2ncn[nH]2)cc1)C1CCNCC1. The predicted molar refractivity (Wildman–Crippen MR) is 83.3 cm³/mol. The molecule has 1 aromatic carbocycles. The van der Waals surface area contributed by atoms with Crippen molar-refractivity contribution in [3.8, 4) is 11.4 Å². The molecule has 0 aliphatic carbocycles. The molecule has 3 rings (SSSR count). The molecule has 1 aliphatic rings. The second kappa shape index (κ2) is 7.19. The van der Waals surface area contributed by atoms with E-state index in [4.69, 9.17) is 0 Å². The number of piperidine rings is 1. The summed E-state index contributed by atoms with van der Waals surface area (Å²) in [5, 5.41) is 12.9. The zero-order valence-electron chi connectivity index (χ0n) is 11.5. The van der Waals surface area contributed by atoms with Crippen molar-refractivity contribution in [2.75, 3.05) is 18.4 Å². The number of amides is 1. The van der Waals surface area contributed by atoms with Gasteiger partial charge in [-0.25, -0.2) is 4.98 Å². The maximum absolute atomic E-state index is 12.1. The summed E-state index contributed by atoms with van der Waals surface area (Å²) in [4.78, 5) is 16.2. The van der Waals surface area contributed by atoms with Gasteiger partial charge in [-0.05, 0) is 50.2 Å². The lowest BCUT2D eigenvalue weighted by Crippen LogP contribution is -2.34. The van der Waals surface area contributed by atoms with Crippen molar-refractivity contribution in [2.45, 2.75) is 12.8 Å². The normalized spacial score (nSPS) is 15.2. The van der Waals surface area contributed by atoms with Crippen LogP contribution >= 0.6 is 12.4 Å². The van der Waals surface area contributed by atoms with Gasteiger partial charge in [0.2, 0.25) is 5.91 Å². The lowest BCUT2D eigenvalue weighted by molar-refractivity contribution is -0.120. The molecule has 0 bridgehead atoms. The zero-order chi connectivity index (χ0) is 13.8. The molecule has 2 heterocycles. The number of nitrogens with one attached hydrogen (secondary N) is 3. The average Bonchev–Trinajstić information content (AvgIpc) is 3.03. The topological polar surface area (TPSA) is 82.7 Å². The summed E-state index contributed by atoms with van der Waals surface area (Å²) in [6.07, 6.45) is 3.28. The van der Waals surface area contributed by atoms with E-state index in [0.29, 0.717) is 0 Å². The minimum atomic E-state index is 0. The van der Waals surface area contributed by atoms with Crippen molar-refractivity contribution < 1.29 is 4.79 Å². The third kappa shape index (κ3) is 3.80. The lowest BCUT2D eigenvalue weighted by atomic mass is 9.97. The first kappa shape index (κ1) is 15.5. The highest BCUT2D eigenvalue weighted by molar-refractivity contribution is 5.92. The molecule has 1 amide bonds. The van der Waals surface area contributed by atoms with E-state index < -0.39 is 0 Å². The molecule has 7 heteroatoms. The van der Waals surface area contributed by atoms with Gasteiger partial charge >= 0.3 is 0 Å². The third-order valence-corrected chi connectivity index (χ3v) is 3.55. The quantitative estimate of drug-likeness (QED) is 0.808. The molecule has 6 nitrogen and oxygen atoms in total. The van der Waals surface area contributed by atoms with Crippen LogP contribution < -0.4 is 10.6 Å². The van der Waals surface area contributed by atoms with E-state index in [2.05, 4.69) is 25.8 Å². The highest BCUT2D eigenvalue weighted by Gasteiger charge is 2.20. The van der Waals surface area contributed by atoms with E-state index in [1.54, 1.807) is 0 Å². The standard InChI is InChI=1S/C14H17N5O.ClH/c20-14(11-5-7-15-8-6-11)18-12-3-1-10(2-4-12)13-16-9-17-19-13;/h1-4,9,11,15H,5-8H2,(H,18,20)(H,16,17,19);1H. The van der Waals surface area contributed by atoms with Gasteiger partial charge in [-0.2, -0.15) is 5.10 Å². The minimum absolute atomic E-state index is 0. The van der Waals surface area contributed by atoms with Crippen molar-refractivity contribution >= 4 is 24.0 Å². The number of hydrogen-bond donors (Lipinski definition) is 3. The molecule has 1 saturated heterocycles. The van der Waals surface area contributed by atoms with Crippen LogP contribution in [0.1, 0.15) is 12.8 Å². The summed E-state index contributed by atoms with van der Waals surface area (Å²) in [7, 11) is 0. The van der Waals surface area contributed by atoms with Crippen LogP contribution in [0.4, 0.5) is 5.69 Å². The predicted octanol–water partition coefficient (Wildman–Crippen LogP) is 1.83. The number of carbonyl (C=O) groups excluding carboxylic acids is 1. The summed E-state index contributed by atoms with van der Waals surface area (Å²) in [5.41, 5.74) is 1.76. The molecule has 3 N–H and O–H groups in total. The Kier molecular flexibility index (Phi) is 5.30. The first-order valence-corrected chi connectivity index (χ1v) is 6.80. The highest BCUT2D eigenvalue weighted by atomic mass is 35.5. The maximum atomic E-state index is 12.1. The van der Waals surface area contributed by atoms with Gasteiger partial charge in [0.25, 0.3) is 0 Å². The number of benzene rings is 1. The molecule has 112 valence electrons. The fourth-order valence-electron chi connectivity index (χ4n) is 2.38. The number of rotatable bonds is 3. The van der Waals surface area contributed by atoms with Crippen molar-refractivity contribution in [2.24, 2.45) is 5.92 Å². The van der Waals surface area contributed by atoms with E-state index in [0.717, 1.165) is 43.0 Å². The Hall–Kier alpha value is -1.92. The van der Waals surface area contributed by atoms with Crippen LogP contribution in [0.3, 0.4) is 0 Å². The second-order valence-corrected chi connectivity index (χ2v) is 4.92. The second-order valence-electron chi connectivity index (χ2n) is 4.92. The Bertz CT molecular complexity index is 564. The van der Waals surface area contributed by atoms with Crippen LogP contribution in [0.2, 0.25) is 0 Å². The first-order chi connectivity index (χ1) is 9.83. The number of anilines is 1. The van der Waals surface area contributed by atoms with Crippen LogP contribution in [-0.4, -0.2) is 34.2 Å². The number of aromatic amines is 1. The van der Waals surface area contributed by atoms with Crippen LogP contribution in [0.15, 0.2) is 30.6 Å². The minimum Gasteiger partial charge on any atom is -0.326 e. The zero-order valence-corrected chi connectivity index (χ0v) is 12.3. The van der Waals surface area contributed by atoms with E-state index >= 15 is 0 Å². The number of halogens is 1. The molecule has 1 aliphatic heterocycles. The van der Waals surface area contributed by atoms with Crippen molar-refractivity contribution in [1.29, 1.82) is 0 Å². The van der Waals surface area contributed by atoms with Gasteiger partial charge in [-0.3, -0.25) is 9.89 Å². The summed E-state index contributed by atoms with van der Waals surface area (Å²) in [6.45, 7) is 1.84. The van der Waals surface area contributed by atoms with Crippen molar-refractivity contribution in [3.05, 3.63) is 30.6 Å². The smallest absolute Gasteiger partial charge is 0.227 e. The summed E-state index contributed by atoms with van der Waals surface area (Å²) >= 11 is 0. The van der Waals surface area contributed by atoms with E-state index in [1.807, 2.05) is 24.3 Å². The molecular weight excluding hydrogens is 290 g/mol. The Morgan fingerprint density at radius 2 is 1.90 bits per heavy atom. The lowest BCUT2D eigenvalue weighted by Gasteiger charge is -2.21. The molecule has 0 unspecified atom stereocenters. The summed E-state index contributed by atoms with van der Waals surface area (Å²) < 4.78 is 0. The summed E-state index contributed by atoms with van der Waals surface area (Å²) in [5.74, 6) is 0.949. The Balaban J connectivity index is 0.00000161. The third-order valence-electron chi connectivity index (χ3n) is 3.55. The number of aromatic nitrogens is 3. The number of hydrogen-bond acceptors (Lipinski definition) is 4. The Labute approximate surface area is 129 Å². The number of carbonyl (C=O) groups is 1. The number of H-pyrrole nitrogens is 1. The van der Waals surface area contributed by atoms with E-state index in [1.165, 1.54) is 6.33 Å². The molecule has 1 fully saturated rings. The fraction of sp³-hybridized carbons (Fsp3) is 0.357. The average molecular weight is 308 g/mol. The van der Waals surface area contributed by atoms with Gasteiger partial charge in [-0.1, -0.05) is 0 Å². The monoisotopic (exact) mass is 307 g/mol. The molecule has 2 aromatic rings. The van der Waals surface area contributed by atoms with Gasteiger partial charge in [0.15, 0.2) is 5.82 Å². The molecule has 21 heavy (non-hydrogen) atoms. The van der Waals surface area contributed by atoms with Crippen LogP contribution in [-0.2, 0) is 4.79 Å². The maximum Gasteiger partial charge on any atom is 0.227 e. The largest absolute Gasteiger partial charge is 0.326 e. The van der Waals surface area contributed by atoms with Gasteiger partial charge in [-0.15, -0.1) is 12.4 Å². The molecule has 0 atom stereocenters. The first-order valence-electron chi connectivity index (χ1n) is 6.80. The van der Waals surface area contributed by atoms with Gasteiger partial charge in [0.05, 0.1) is 0 Å². The van der Waals surface area contributed by atoms with Crippen LogP contribution in [0.5, 0.6) is 0 Å². The van der Waals surface area contributed by atoms with Gasteiger partial charge < -0.3 is 10.6 Å². The van der Waals surface area contributed by atoms with Crippen molar-refractivity contribution in [1.82, 2.24) is 20.5 Å². The van der Waals surface area contributed by atoms with Crippen LogP contribution in [0, 0.1) is 5.92 Å². The summed E-state index contributed by atoms with van der Waals surface area (Å²) in [6, 6.07) is 7.60. The van der Waals surface area contributed by atoms with E-state index in [-0.39, 0.29) is 24.2 Å². The van der Waals surface area contributed by atoms with E-state index in [9.17, 15) is 4.79 Å². The molecular formula is C14H18ClN5O. The Morgan fingerprint density at radius 3 is 2.52 bits per heavy atom. The fourth-order valence-corrected chi connectivity index (χ4v) is 2.38. The van der Waals surface area contributed by atoms with Gasteiger partial charge in [0.1, 0.15) is 6.33 Å².